The third kappa shape index (κ3) is 5.62. The molecule has 2 aromatic rings. The molecule has 0 aliphatic carbocycles. The molecule has 0 aliphatic heterocycles. The number of nitrogens with zero attached hydrogens (tertiary/aromatic N) is 1. The fourth-order valence-corrected chi connectivity index (χ4v) is 2.32. The summed E-state index contributed by atoms with van der Waals surface area (Å²) in [5.41, 5.74) is 4.96. The van der Waals surface area contributed by atoms with Crippen LogP contribution in [-0.4, -0.2) is 18.0 Å². The number of para-hydroxylation sites is 1. The molecular formula is C18H18BrN3O2. The van der Waals surface area contributed by atoms with Gasteiger partial charge in [0.05, 0.1) is 6.21 Å². The van der Waals surface area contributed by atoms with Crippen LogP contribution in [0.2, 0.25) is 0 Å². The lowest BCUT2D eigenvalue weighted by Crippen LogP contribution is -2.25. The summed E-state index contributed by atoms with van der Waals surface area (Å²) in [7, 11) is 0. The Balaban J connectivity index is 1.83. The Morgan fingerprint density at radius 2 is 1.79 bits per heavy atom. The molecular weight excluding hydrogens is 370 g/mol. The first-order valence-electron chi connectivity index (χ1n) is 7.53. The van der Waals surface area contributed by atoms with Crippen LogP contribution < -0.4 is 10.7 Å². The Kier molecular flexibility index (Phi) is 6.69. The average Bonchev–Trinajstić information content (AvgIpc) is 2.57. The van der Waals surface area contributed by atoms with Crippen molar-refractivity contribution in [3.05, 3.63) is 64.1 Å². The van der Waals surface area contributed by atoms with Crippen LogP contribution in [0.15, 0.2) is 58.1 Å². The number of anilines is 1. The first-order valence-corrected chi connectivity index (χ1v) is 8.33. The summed E-state index contributed by atoms with van der Waals surface area (Å²) in [6.07, 6.45) is 2.05. The molecule has 0 fully saturated rings. The highest BCUT2D eigenvalue weighted by Crippen LogP contribution is 2.15. The van der Waals surface area contributed by atoms with E-state index in [0.29, 0.717) is 0 Å². The summed E-state index contributed by atoms with van der Waals surface area (Å²) >= 11 is 3.34. The van der Waals surface area contributed by atoms with E-state index < -0.39 is 5.91 Å². The summed E-state index contributed by atoms with van der Waals surface area (Å²) in [6, 6.07) is 15.0. The van der Waals surface area contributed by atoms with Gasteiger partial charge in [0.25, 0.3) is 0 Å². The first-order chi connectivity index (χ1) is 11.6. The van der Waals surface area contributed by atoms with E-state index in [9.17, 15) is 9.59 Å². The minimum atomic E-state index is -0.463. The molecule has 0 heterocycles. The molecule has 2 aromatic carbocycles. The summed E-state index contributed by atoms with van der Waals surface area (Å²) in [4.78, 5) is 23.7. The predicted octanol–water partition coefficient (Wildman–Crippen LogP) is 3.49. The molecule has 2 amide bonds. The van der Waals surface area contributed by atoms with Crippen molar-refractivity contribution in [3.8, 4) is 0 Å². The molecule has 0 spiro atoms. The second-order valence-electron chi connectivity index (χ2n) is 5.08. The predicted molar refractivity (Wildman–Crippen MR) is 98.9 cm³/mol. The Bertz CT molecular complexity index is 742. The zero-order valence-corrected chi connectivity index (χ0v) is 14.8. The summed E-state index contributed by atoms with van der Waals surface area (Å²) in [5.74, 6) is -0.831. The van der Waals surface area contributed by atoms with Crippen LogP contribution >= 0.6 is 15.9 Å². The molecule has 0 saturated carbocycles. The summed E-state index contributed by atoms with van der Waals surface area (Å²) in [5, 5.41) is 6.60. The first kappa shape index (κ1) is 17.9. The van der Waals surface area contributed by atoms with Gasteiger partial charge in [-0.05, 0) is 35.7 Å². The quantitative estimate of drug-likeness (QED) is 0.452. The largest absolute Gasteiger partial charge is 0.325 e. The Hall–Kier alpha value is -2.47. The molecule has 0 aliphatic rings. The minimum Gasteiger partial charge on any atom is -0.325 e. The van der Waals surface area contributed by atoms with Crippen molar-refractivity contribution in [3.63, 3.8) is 0 Å². The average molecular weight is 388 g/mol. The number of carbonyl (C=O) groups is 2. The molecule has 124 valence electrons. The van der Waals surface area contributed by atoms with E-state index in [0.717, 1.165) is 27.7 Å². The van der Waals surface area contributed by atoms with E-state index in [1.807, 2.05) is 55.5 Å². The van der Waals surface area contributed by atoms with Crippen LogP contribution in [0, 0.1) is 0 Å². The summed E-state index contributed by atoms with van der Waals surface area (Å²) in [6.45, 7) is 2.01. The normalized spacial score (nSPS) is 10.6. The second kappa shape index (κ2) is 8.98. The van der Waals surface area contributed by atoms with E-state index in [2.05, 4.69) is 31.8 Å². The van der Waals surface area contributed by atoms with Gasteiger partial charge < -0.3 is 5.32 Å². The Morgan fingerprint density at radius 1 is 1.08 bits per heavy atom. The maximum atomic E-state index is 11.9. The van der Waals surface area contributed by atoms with Crippen LogP contribution in [0.3, 0.4) is 0 Å². The van der Waals surface area contributed by atoms with E-state index >= 15 is 0 Å². The van der Waals surface area contributed by atoms with Crippen molar-refractivity contribution < 1.29 is 9.59 Å². The number of nitrogens with one attached hydrogen (secondary N) is 2. The Labute approximate surface area is 149 Å². The van der Waals surface area contributed by atoms with E-state index in [1.54, 1.807) is 0 Å². The third-order valence-electron chi connectivity index (χ3n) is 3.27. The van der Waals surface area contributed by atoms with Crippen LogP contribution in [0.5, 0.6) is 0 Å². The highest BCUT2D eigenvalue weighted by molar-refractivity contribution is 9.10. The molecule has 24 heavy (non-hydrogen) atoms. The monoisotopic (exact) mass is 387 g/mol. The fourth-order valence-electron chi connectivity index (χ4n) is 2.06. The molecule has 0 saturated heterocycles. The number of hydrogen-bond acceptors (Lipinski definition) is 3. The maximum Gasteiger partial charge on any atom is 0.249 e. The lowest BCUT2D eigenvalue weighted by Gasteiger charge is -2.09. The number of benzene rings is 2. The minimum absolute atomic E-state index is 0.282. The van der Waals surface area contributed by atoms with Gasteiger partial charge in [0.2, 0.25) is 11.8 Å². The lowest BCUT2D eigenvalue weighted by atomic mass is 10.1. The van der Waals surface area contributed by atoms with Gasteiger partial charge in [-0.1, -0.05) is 53.2 Å². The molecule has 2 rings (SSSR count). The van der Waals surface area contributed by atoms with Gasteiger partial charge in [-0.3, -0.25) is 9.59 Å². The van der Waals surface area contributed by atoms with Crippen molar-refractivity contribution >= 4 is 39.6 Å². The van der Waals surface area contributed by atoms with Gasteiger partial charge in [0.15, 0.2) is 0 Å². The van der Waals surface area contributed by atoms with Gasteiger partial charge in [-0.2, -0.15) is 5.10 Å². The molecule has 0 radical (unpaired) electrons. The zero-order valence-electron chi connectivity index (χ0n) is 13.3. The molecule has 2 N–H and O–H groups in total. The second-order valence-corrected chi connectivity index (χ2v) is 6.00. The molecule has 0 bridgehead atoms. The molecule has 0 aromatic heterocycles. The van der Waals surface area contributed by atoms with Crippen LogP contribution in [0.4, 0.5) is 5.69 Å². The fraction of sp³-hybridized carbons (Fsp3) is 0.167. The van der Waals surface area contributed by atoms with Crippen molar-refractivity contribution in [2.24, 2.45) is 5.10 Å². The molecule has 0 unspecified atom stereocenters. The van der Waals surface area contributed by atoms with Crippen molar-refractivity contribution in [1.82, 2.24) is 5.43 Å². The number of hydrazone groups is 1. The van der Waals surface area contributed by atoms with Crippen LogP contribution in [0.1, 0.15) is 24.5 Å². The van der Waals surface area contributed by atoms with E-state index in [1.165, 1.54) is 6.21 Å². The third-order valence-corrected chi connectivity index (χ3v) is 3.80. The summed E-state index contributed by atoms with van der Waals surface area (Å²) < 4.78 is 0.965. The lowest BCUT2D eigenvalue weighted by molar-refractivity contribution is -0.126. The highest BCUT2D eigenvalue weighted by Gasteiger charge is 2.10. The molecule has 0 atom stereocenters. The zero-order chi connectivity index (χ0) is 17.4. The van der Waals surface area contributed by atoms with Crippen molar-refractivity contribution in [2.75, 3.05) is 5.32 Å². The number of hydrogen-bond donors (Lipinski definition) is 2. The number of aryl methyl sites for hydroxylation is 1. The molecule has 6 heteroatoms. The van der Waals surface area contributed by atoms with Gasteiger partial charge in [-0.15, -0.1) is 0 Å². The number of rotatable bonds is 6. The van der Waals surface area contributed by atoms with E-state index in [-0.39, 0.29) is 12.3 Å². The maximum absolute atomic E-state index is 11.9. The SMILES string of the molecule is CCc1ccccc1NC(=O)CC(=O)NN=Cc1ccc(Br)cc1. The van der Waals surface area contributed by atoms with Crippen LogP contribution in [0.25, 0.3) is 0 Å². The molecule has 5 nitrogen and oxygen atoms in total. The van der Waals surface area contributed by atoms with Crippen molar-refractivity contribution in [1.29, 1.82) is 0 Å². The van der Waals surface area contributed by atoms with Crippen molar-refractivity contribution in [2.45, 2.75) is 19.8 Å². The highest BCUT2D eigenvalue weighted by atomic mass is 79.9. The number of halogens is 1. The number of carbonyl (C=O) groups excluding carboxylic acids is 2. The topological polar surface area (TPSA) is 70.6 Å². The van der Waals surface area contributed by atoms with Gasteiger partial charge >= 0.3 is 0 Å². The smallest absolute Gasteiger partial charge is 0.249 e. The van der Waals surface area contributed by atoms with Gasteiger partial charge in [0, 0.05) is 10.2 Å². The number of amides is 2. The standard InChI is InChI=1S/C18H18BrN3O2/c1-2-14-5-3-4-6-16(14)21-17(23)11-18(24)22-20-12-13-7-9-15(19)10-8-13/h3-10,12H,2,11H2,1H3,(H,21,23)(H,22,24). The van der Waals surface area contributed by atoms with Crippen LogP contribution in [-0.2, 0) is 16.0 Å². The van der Waals surface area contributed by atoms with Gasteiger partial charge in [-0.25, -0.2) is 5.43 Å². The Morgan fingerprint density at radius 3 is 2.50 bits per heavy atom. The van der Waals surface area contributed by atoms with E-state index in [4.69, 9.17) is 0 Å². The van der Waals surface area contributed by atoms with Gasteiger partial charge in [0.1, 0.15) is 6.42 Å².